The highest BCUT2D eigenvalue weighted by atomic mass is 79.9. The molecule has 3 aromatic heterocycles. The van der Waals surface area contributed by atoms with Crippen molar-refractivity contribution in [1.29, 1.82) is 0 Å². The van der Waals surface area contributed by atoms with E-state index in [1.807, 2.05) is 36.4 Å². The van der Waals surface area contributed by atoms with Gasteiger partial charge in [-0.3, -0.25) is 0 Å². The molecule has 0 saturated heterocycles. The minimum atomic E-state index is 0.779. The Labute approximate surface area is 163 Å². The number of aromatic nitrogens is 5. The molecule has 0 aliphatic rings. The molecule has 7 heteroatoms. The number of methoxy groups -OCH3 is 1. The van der Waals surface area contributed by atoms with Gasteiger partial charge < -0.3 is 9.30 Å². The van der Waals surface area contributed by atoms with E-state index < -0.39 is 0 Å². The van der Waals surface area contributed by atoms with E-state index in [0.717, 1.165) is 43.7 Å². The minimum absolute atomic E-state index is 0.779. The number of nitrogens with zero attached hydrogens (tertiary/aromatic N) is 5. The SMILES string of the molecule is COc1ccc(-c2cn(-c3ccc(Br)cc3)c3ncn4ncnc4c23)cc1. The third-order valence-corrected chi connectivity index (χ3v) is 5.10. The lowest BCUT2D eigenvalue weighted by atomic mass is 10.1. The Morgan fingerprint density at radius 2 is 1.70 bits per heavy atom. The summed E-state index contributed by atoms with van der Waals surface area (Å²) in [6.45, 7) is 0. The summed E-state index contributed by atoms with van der Waals surface area (Å²) in [7, 11) is 1.66. The van der Waals surface area contributed by atoms with Crippen LogP contribution in [0.25, 0.3) is 33.5 Å². The summed E-state index contributed by atoms with van der Waals surface area (Å²) < 4.78 is 10.1. The van der Waals surface area contributed by atoms with Gasteiger partial charge in [0.2, 0.25) is 0 Å². The number of hydrogen-bond acceptors (Lipinski definition) is 4. The average Bonchev–Trinajstić information content (AvgIpc) is 3.33. The Bertz CT molecular complexity index is 1260. The van der Waals surface area contributed by atoms with Crippen LogP contribution in [0.5, 0.6) is 5.75 Å². The number of benzene rings is 2. The van der Waals surface area contributed by atoms with E-state index in [1.165, 1.54) is 0 Å². The first kappa shape index (κ1) is 16.0. The minimum Gasteiger partial charge on any atom is -0.497 e. The first-order valence-electron chi connectivity index (χ1n) is 8.34. The molecular weight excluding hydrogens is 406 g/mol. The lowest BCUT2D eigenvalue weighted by Crippen LogP contribution is -1.96. The van der Waals surface area contributed by atoms with Crippen molar-refractivity contribution in [2.24, 2.45) is 0 Å². The molecule has 0 radical (unpaired) electrons. The van der Waals surface area contributed by atoms with E-state index in [1.54, 1.807) is 24.3 Å². The van der Waals surface area contributed by atoms with Gasteiger partial charge in [0.05, 0.1) is 12.5 Å². The fourth-order valence-corrected chi connectivity index (χ4v) is 3.52. The van der Waals surface area contributed by atoms with Gasteiger partial charge in [0.25, 0.3) is 0 Å². The van der Waals surface area contributed by atoms with Crippen molar-refractivity contribution in [3.05, 3.63) is 71.9 Å². The topological polar surface area (TPSA) is 57.2 Å². The summed E-state index contributed by atoms with van der Waals surface area (Å²) >= 11 is 3.49. The zero-order chi connectivity index (χ0) is 18.4. The molecule has 0 aliphatic heterocycles. The molecule has 0 amide bonds. The van der Waals surface area contributed by atoms with Crippen LogP contribution in [0, 0.1) is 0 Å². The van der Waals surface area contributed by atoms with Crippen LogP contribution in [0.15, 0.2) is 71.9 Å². The predicted octanol–water partition coefficient (Wildman–Crippen LogP) is 4.51. The van der Waals surface area contributed by atoms with Gasteiger partial charge in [-0.15, -0.1) is 0 Å². The quantitative estimate of drug-likeness (QED) is 0.431. The highest BCUT2D eigenvalue weighted by molar-refractivity contribution is 9.10. The zero-order valence-electron chi connectivity index (χ0n) is 14.4. The van der Waals surface area contributed by atoms with Gasteiger partial charge in [-0.05, 0) is 42.0 Å². The maximum atomic E-state index is 5.29. The number of ether oxygens (including phenoxy) is 1. The Morgan fingerprint density at radius 1 is 0.926 bits per heavy atom. The lowest BCUT2D eigenvalue weighted by molar-refractivity contribution is 0.415. The number of halogens is 1. The number of fused-ring (bicyclic) bond motifs is 3. The Balaban J connectivity index is 1.83. The normalized spacial score (nSPS) is 11.3. The molecule has 3 heterocycles. The number of rotatable bonds is 3. The summed E-state index contributed by atoms with van der Waals surface area (Å²) in [5.74, 6) is 0.821. The zero-order valence-corrected chi connectivity index (χ0v) is 16.0. The van der Waals surface area contributed by atoms with Crippen molar-refractivity contribution in [1.82, 2.24) is 24.1 Å². The molecule has 27 heavy (non-hydrogen) atoms. The molecule has 6 nitrogen and oxygen atoms in total. The smallest absolute Gasteiger partial charge is 0.168 e. The molecule has 0 saturated carbocycles. The van der Waals surface area contributed by atoms with Crippen molar-refractivity contribution in [2.45, 2.75) is 0 Å². The van der Waals surface area contributed by atoms with Crippen LogP contribution in [-0.2, 0) is 0 Å². The van der Waals surface area contributed by atoms with Crippen molar-refractivity contribution in [3.63, 3.8) is 0 Å². The maximum Gasteiger partial charge on any atom is 0.168 e. The van der Waals surface area contributed by atoms with Gasteiger partial charge in [-0.1, -0.05) is 28.1 Å². The van der Waals surface area contributed by atoms with Gasteiger partial charge in [-0.25, -0.2) is 14.5 Å². The predicted molar refractivity (Wildman–Crippen MR) is 107 cm³/mol. The largest absolute Gasteiger partial charge is 0.497 e. The third kappa shape index (κ3) is 2.59. The van der Waals surface area contributed by atoms with Crippen molar-refractivity contribution < 1.29 is 4.74 Å². The van der Waals surface area contributed by atoms with Gasteiger partial charge in [-0.2, -0.15) is 5.10 Å². The van der Waals surface area contributed by atoms with Crippen LogP contribution in [0.3, 0.4) is 0 Å². The molecule has 0 N–H and O–H groups in total. The lowest BCUT2D eigenvalue weighted by Gasteiger charge is -2.04. The molecule has 2 aromatic carbocycles. The van der Waals surface area contributed by atoms with Crippen LogP contribution >= 0.6 is 15.9 Å². The molecule has 0 aliphatic carbocycles. The first-order chi connectivity index (χ1) is 13.2. The second kappa shape index (κ2) is 6.21. The standard InChI is InChI=1S/C20H14BrN5O/c1-27-16-8-2-13(3-9-16)17-10-25(15-6-4-14(21)5-7-15)19-18(17)20-22-11-24-26(20)12-23-19/h2-12H,1H3. The van der Waals surface area contributed by atoms with Gasteiger partial charge in [0.15, 0.2) is 11.3 Å². The summed E-state index contributed by atoms with van der Waals surface area (Å²) in [5.41, 5.74) is 4.75. The molecule has 5 aromatic rings. The van der Waals surface area contributed by atoms with E-state index in [9.17, 15) is 0 Å². The summed E-state index contributed by atoms with van der Waals surface area (Å²) in [6, 6.07) is 16.1. The molecule has 132 valence electrons. The van der Waals surface area contributed by atoms with Crippen LogP contribution < -0.4 is 4.74 Å². The number of hydrogen-bond donors (Lipinski definition) is 0. The molecule has 0 fully saturated rings. The van der Waals surface area contributed by atoms with Crippen molar-refractivity contribution in [2.75, 3.05) is 7.11 Å². The molecule has 0 spiro atoms. The molecular formula is C20H14BrN5O. The average molecular weight is 420 g/mol. The van der Waals surface area contributed by atoms with E-state index in [-0.39, 0.29) is 0 Å². The summed E-state index contributed by atoms with van der Waals surface area (Å²) in [4.78, 5) is 9.10. The van der Waals surface area contributed by atoms with Crippen molar-refractivity contribution >= 4 is 32.6 Å². The highest BCUT2D eigenvalue weighted by Gasteiger charge is 2.17. The van der Waals surface area contributed by atoms with E-state index in [4.69, 9.17) is 4.74 Å². The maximum absolute atomic E-state index is 5.29. The monoisotopic (exact) mass is 419 g/mol. The Kier molecular flexibility index (Phi) is 3.68. The van der Waals surface area contributed by atoms with Crippen LogP contribution in [0.4, 0.5) is 0 Å². The van der Waals surface area contributed by atoms with Gasteiger partial charge in [0.1, 0.15) is 18.4 Å². The van der Waals surface area contributed by atoms with E-state index in [2.05, 4.69) is 53.9 Å². The van der Waals surface area contributed by atoms with E-state index >= 15 is 0 Å². The van der Waals surface area contributed by atoms with E-state index in [0.29, 0.717) is 0 Å². The highest BCUT2D eigenvalue weighted by Crippen LogP contribution is 2.34. The fourth-order valence-electron chi connectivity index (χ4n) is 3.25. The van der Waals surface area contributed by atoms with Crippen LogP contribution in [0.1, 0.15) is 0 Å². The molecule has 0 unspecified atom stereocenters. The third-order valence-electron chi connectivity index (χ3n) is 4.57. The second-order valence-corrected chi connectivity index (χ2v) is 7.00. The Hall–Kier alpha value is -3.19. The van der Waals surface area contributed by atoms with Gasteiger partial charge in [0, 0.05) is 21.9 Å². The van der Waals surface area contributed by atoms with Crippen molar-refractivity contribution in [3.8, 4) is 22.6 Å². The fraction of sp³-hybridized carbons (Fsp3) is 0.0500. The Morgan fingerprint density at radius 3 is 2.44 bits per heavy atom. The van der Waals surface area contributed by atoms with Gasteiger partial charge >= 0.3 is 0 Å². The molecule has 5 rings (SSSR count). The second-order valence-electron chi connectivity index (χ2n) is 6.09. The van der Waals surface area contributed by atoms with Crippen LogP contribution in [-0.4, -0.2) is 31.3 Å². The summed E-state index contributed by atoms with van der Waals surface area (Å²) in [6.07, 6.45) is 5.33. The molecule has 0 atom stereocenters. The first-order valence-corrected chi connectivity index (χ1v) is 9.13. The van der Waals surface area contributed by atoms with Crippen LogP contribution in [0.2, 0.25) is 0 Å². The molecule has 0 bridgehead atoms. The summed E-state index contributed by atoms with van der Waals surface area (Å²) in [5, 5.41) is 5.19.